The number of para-hydroxylation sites is 1. The SMILES string of the molecule is CCCN(C)C#CC(Cl)(Cl)Oc1ccccc1. The van der Waals surface area contributed by atoms with Crippen LogP contribution in [0.3, 0.4) is 0 Å². The van der Waals surface area contributed by atoms with Gasteiger partial charge in [-0.25, -0.2) is 0 Å². The van der Waals surface area contributed by atoms with E-state index in [-0.39, 0.29) is 0 Å². The van der Waals surface area contributed by atoms with Crippen LogP contribution in [0.2, 0.25) is 0 Å². The maximum absolute atomic E-state index is 5.96. The first-order valence-electron chi connectivity index (χ1n) is 5.39. The molecule has 17 heavy (non-hydrogen) atoms. The van der Waals surface area contributed by atoms with E-state index in [9.17, 15) is 0 Å². The molecule has 0 heterocycles. The van der Waals surface area contributed by atoms with Crippen molar-refractivity contribution in [2.75, 3.05) is 13.6 Å². The van der Waals surface area contributed by atoms with Crippen molar-refractivity contribution in [2.45, 2.75) is 17.9 Å². The van der Waals surface area contributed by atoms with E-state index in [1.165, 1.54) is 0 Å². The second-order valence-electron chi connectivity index (χ2n) is 3.59. The first kappa shape index (κ1) is 14.0. The molecule has 0 fully saturated rings. The molecule has 92 valence electrons. The highest BCUT2D eigenvalue weighted by atomic mass is 35.5. The van der Waals surface area contributed by atoms with Crippen molar-refractivity contribution in [1.29, 1.82) is 0 Å². The molecule has 0 aliphatic heterocycles. The van der Waals surface area contributed by atoms with E-state index < -0.39 is 4.52 Å². The van der Waals surface area contributed by atoms with E-state index in [0.29, 0.717) is 5.75 Å². The summed E-state index contributed by atoms with van der Waals surface area (Å²) in [6.07, 6.45) is 1.02. The molecular weight excluding hydrogens is 257 g/mol. The highest BCUT2D eigenvalue weighted by Gasteiger charge is 2.23. The normalized spacial score (nSPS) is 10.4. The number of ether oxygens (including phenoxy) is 1. The number of hydrogen-bond donors (Lipinski definition) is 0. The summed E-state index contributed by atoms with van der Waals surface area (Å²) in [5, 5.41) is 0. The van der Waals surface area contributed by atoms with Crippen LogP contribution in [-0.4, -0.2) is 23.0 Å². The van der Waals surface area contributed by atoms with E-state index in [1.807, 2.05) is 30.1 Å². The summed E-state index contributed by atoms with van der Waals surface area (Å²) in [5.41, 5.74) is 0. The highest BCUT2D eigenvalue weighted by Crippen LogP contribution is 2.25. The molecule has 0 bridgehead atoms. The summed E-state index contributed by atoms with van der Waals surface area (Å²) >= 11 is 11.9. The summed E-state index contributed by atoms with van der Waals surface area (Å²) in [6, 6.07) is 12.0. The Morgan fingerprint density at radius 1 is 1.29 bits per heavy atom. The fourth-order valence-corrected chi connectivity index (χ4v) is 1.48. The minimum Gasteiger partial charge on any atom is -0.448 e. The van der Waals surface area contributed by atoms with Crippen LogP contribution in [0.4, 0.5) is 0 Å². The van der Waals surface area contributed by atoms with Crippen LogP contribution in [0, 0.1) is 12.0 Å². The molecule has 1 rings (SSSR count). The molecule has 0 aromatic heterocycles. The number of nitrogens with zero attached hydrogens (tertiary/aromatic N) is 1. The van der Waals surface area contributed by atoms with Gasteiger partial charge in [0, 0.05) is 25.6 Å². The minimum absolute atomic E-state index is 0.588. The molecule has 0 N–H and O–H groups in total. The summed E-state index contributed by atoms with van der Waals surface area (Å²) in [4.78, 5) is 1.83. The van der Waals surface area contributed by atoms with Gasteiger partial charge in [0.1, 0.15) is 5.75 Å². The van der Waals surface area contributed by atoms with Gasteiger partial charge in [-0.3, -0.25) is 0 Å². The number of alkyl halides is 2. The average molecular weight is 272 g/mol. The standard InChI is InChI=1S/C13H15Cl2NO/c1-3-10-16(2)11-9-13(14,15)17-12-7-5-4-6-8-12/h4-8H,3,10H2,1-2H3. The molecule has 0 saturated heterocycles. The maximum atomic E-state index is 5.96. The van der Waals surface area contributed by atoms with Crippen LogP contribution in [0.15, 0.2) is 30.3 Å². The molecule has 0 radical (unpaired) electrons. The summed E-state index contributed by atoms with van der Waals surface area (Å²) < 4.78 is 3.84. The van der Waals surface area contributed by atoms with Gasteiger partial charge in [-0.1, -0.05) is 25.1 Å². The van der Waals surface area contributed by atoms with Crippen molar-refractivity contribution in [3.8, 4) is 17.7 Å². The monoisotopic (exact) mass is 271 g/mol. The highest BCUT2D eigenvalue weighted by molar-refractivity contribution is 6.49. The van der Waals surface area contributed by atoms with Crippen molar-refractivity contribution in [3.63, 3.8) is 0 Å². The van der Waals surface area contributed by atoms with E-state index in [4.69, 9.17) is 27.9 Å². The van der Waals surface area contributed by atoms with Crippen LogP contribution in [-0.2, 0) is 0 Å². The molecule has 1 aromatic rings. The third-order valence-corrected chi connectivity index (χ3v) is 2.28. The lowest BCUT2D eigenvalue weighted by atomic mass is 10.3. The average Bonchev–Trinajstić information content (AvgIpc) is 2.28. The largest absolute Gasteiger partial charge is 0.448 e. The van der Waals surface area contributed by atoms with Crippen molar-refractivity contribution in [3.05, 3.63) is 30.3 Å². The molecule has 4 heteroatoms. The third kappa shape index (κ3) is 5.72. The Morgan fingerprint density at radius 3 is 2.53 bits per heavy atom. The van der Waals surface area contributed by atoms with Crippen LogP contribution in [0.25, 0.3) is 0 Å². The number of benzene rings is 1. The summed E-state index contributed by atoms with van der Waals surface area (Å²) in [7, 11) is 1.88. The molecule has 0 aliphatic carbocycles. The zero-order chi connectivity index (χ0) is 12.7. The fraction of sp³-hybridized carbons (Fsp3) is 0.385. The zero-order valence-electron chi connectivity index (χ0n) is 9.91. The van der Waals surface area contributed by atoms with Gasteiger partial charge in [-0.15, -0.1) is 0 Å². The molecular formula is C13H15Cl2NO. The second-order valence-corrected chi connectivity index (χ2v) is 4.85. The van der Waals surface area contributed by atoms with Gasteiger partial charge in [0.05, 0.1) is 0 Å². The van der Waals surface area contributed by atoms with Crippen molar-refractivity contribution >= 4 is 23.2 Å². The fourth-order valence-electron chi connectivity index (χ4n) is 1.21. The van der Waals surface area contributed by atoms with Crippen LogP contribution < -0.4 is 4.74 Å². The lowest BCUT2D eigenvalue weighted by molar-refractivity contribution is 0.297. The maximum Gasteiger partial charge on any atom is 0.325 e. The predicted molar refractivity (Wildman–Crippen MR) is 72.2 cm³/mol. The minimum atomic E-state index is -1.52. The Bertz CT molecular complexity index is 395. The molecule has 2 nitrogen and oxygen atoms in total. The lowest BCUT2D eigenvalue weighted by Gasteiger charge is -2.16. The van der Waals surface area contributed by atoms with Gasteiger partial charge in [-0.2, -0.15) is 0 Å². The molecule has 0 aliphatic rings. The number of rotatable bonds is 4. The third-order valence-electron chi connectivity index (χ3n) is 1.94. The smallest absolute Gasteiger partial charge is 0.325 e. The van der Waals surface area contributed by atoms with Gasteiger partial charge in [-0.05, 0) is 41.8 Å². The molecule has 0 atom stereocenters. The van der Waals surface area contributed by atoms with Crippen LogP contribution in [0.5, 0.6) is 5.75 Å². The Labute approximate surface area is 112 Å². The van der Waals surface area contributed by atoms with E-state index in [0.717, 1.165) is 13.0 Å². The van der Waals surface area contributed by atoms with Crippen LogP contribution in [0.1, 0.15) is 13.3 Å². The molecule has 1 aromatic carbocycles. The van der Waals surface area contributed by atoms with Gasteiger partial charge in [0.2, 0.25) is 0 Å². The Kier molecular flexibility index (Phi) is 5.47. The van der Waals surface area contributed by atoms with Gasteiger partial charge in [0.15, 0.2) is 0 Å². The Balaban J connectivity index is 2.62. The molecule has 0 unspecified atom stereocenters. The first-order valence-corrected chi connectivity index (χ1v) is 6.15. The van der Waals surface area contributed by atoms with Crippen LogP contribution >= 0.6 is 23.2 Å². The van der Waals surface area contributed by atoms with Gasteiger partial charge < -0.3 is 9.64 Å². The van der Waals surface area contributed by atoms with Gasteiger partial charge >= 0.3 is 4.52 Å². The first-order chi connectivity index (χ1) is 8.03. The topological polar surface area (TPSA) is 12.5 Å². The molecule has 0 amide bonds. The molecule has 0 saturated carbocycles. The van der Waals surface area contributed by atoms with E-state index >= 15 is 0 Å². The Morgan fingerprint density at radius 2 is 1.94 bits per heavy atom. The van der Waals surface area contributed by atoms with Crippen molar-refractivity contribution < 1.29 is 4.74 Å². The Hall–Kier alpha value is -1.04. The zero-order valence-corrected chi connectivity index (χ0v) is 11.4. The number of hydrogen-bond acceptors (Lipinski definition) is 2. The predicted octanol–water partition coefficient (Wildman–Crippen LogP) is 3.50. The van der Waals surface area contributed by atoms with Crippen molar-refractivity contribution in [2.24, 2.45) is 0 Å². The van der Waals surface area contributed by atoms with E-state index in [2.05, 4.69) is 18.9 Å². The number of halogens is 2. The lowest BCUT2D eigenvalue weighted by Crippen LogP contribution is -2.21. The van der Waals surface area contributed by atoms with Gasteiger partial charge in [0.25, 0.3) is 0 Å². The van der Waals surface area contributed by atoms with Crippen molar-refractivity contribution in [1.82, 2.24) is 4.90 Å². The molecule has 0 spiro atoms. The summed E-state index contributed by atoms with van der Waals surface area (Å²) in [5.74, 6) is 3.26. The summed E-state index contributed by atoms with van der Waals surface area (Å²) in [6.45, 7) is 2.94. The second kappa shape index (κ2) is 6.64. The van der Waals surface area contributed by atoms with E-state index in [1.54, 1.807) is 12.1 Å². The quantitative estimate of drug-likeness (QED) is 0.472.